The predicted octanol–water partition coefficient (Wildman–Crippen LogP) is 5.06. The minimum absolute atomic E-state index is 0.180. The van der Waals surface area contributed by atoms with Gasteiger partial charge in [0.2, 0.25) is 0 Å². The van der Waals surface area contributed by atoms with E-state index in [0.717, 1.165) is 12.2 Å². The molecule has 0 amide bonds. The molecule has 0 spiro atoms. The zero-order valence-electron chi connectivity index (χ0n) is 15.7. The number of nitrogens with two attached hydrogens (primary N) is 1. The molecule has 0 aromatic heterocycles. The van der Waals surface area contributed by atoms with Crippen LogP contribution in [0.4, 0.5) is 0 Å². The fourth-order valence-electron chi connectivity index (χ4n) is 2.90. The Morgan fingerprint density at radius 1 is 1.00 bits per heavy atom. The van der Waals surface area contributed by atoms with E-state index in [1.165, 1.54) is 16.7 Å². The molecule has 2 aromatic carbocycles. The normalized spacial score (nSPS) is 13.1. The zero-order chi connectivity index (χ0) is 17.7. The van der Waals surface area contributed by atoms with Gasteiger partial charge in [-0.25, -0.2) is 0 Å². The molecule has 1 unspecified atom stereocenters. The summed E-state index contributed by atoms with van der Waals surface area (Å²) >= 11 is 0. The van der Waals surface area contributed by atoms with Crippen LogP contribution in [-0.2, 0) is 11.8 Å². The summed E-state index contributed by atoms with van der Waals surface area (Å²) in [7, 11) is 0. The van der Waals surface area contributed by atoms with Crippen molar-refractivity contribution >= 4 is 0 Å². The lowest BCUT2D eigenvalue weighted by molar-refractivity contribution is 0.242. The molecule has 0 bridgehead atoms. The summed E-state index contributed by atoms with van der Waals surface area (Å²) in [5.41, 5.74) is 10.2. The minimum atomic E-state index is 0.180. The van der Waals surface area contributed by atoms with Gasteiger partial charge in [-0.2, -0.15) is 0 Å². The van der Waals surface area contributed by atoms with Crippen molar-refractivity contribution in [3.05, 3.63) is 65.2 Å². The van der Waals surface area contributed by atoms with E-state index in [4.69, 9.17) is 10.5 Å². The second kappa shape index (κ2) is 7.85. The van der Waals surface area contributed by atoms with Crippen LogP contribution in [0.1, 0.15) is 57.2 Å². The molecule has 1 atom stereocenters. The molecule has 2 nitrogen and oxygen atoms in total. The number of benzene rings is 2. The maximum absolute atomic E-state index is 6.06. The van der Waals surface area contributed by atoms with E-state index in [0.29, 0.717) is 12.5 Å². The monoisotopic (exact) mass is 325 g/mol. The smallest absolute Gasteiger partial charge is 0.119 e. The Morgan fingerprint density at radius 3 is 2.21 bits per heavy atom. The Bertz CT molecular complexity index is 638. The average Bonchev–Trinajstić information content (AvgIpc) is 2.51. The van der Waals surface area contributed by atoms with E-state index in [1.807, 2.05) is 19.9 Å². The Kier molecular flexibility index (Phi) is 6.06. The molecular weight excluding hydrogens is 294 g/mol. The third kappa shape index (κ3) is 5.10. The number of ether oxygens (including phenoxy) is 1. The quantitative estimate of drug-likeness (QED) is 0.806. The lowest BCUT2D eigenvalue weighted by atomic mass is 9.84. The molecule has 2 N–H and O–H groups in total. The van der Waals surface area contributed by atoms with Gasteiger partial charge in [-0.1, -0.05) is 57.2 Å². The summed E-state index contributed by atoms with van der Waals surface area (Å²) in [6.45, 7) is 11.5. The van der Waals surface area contributed by atoms with Crippen LogP contribution < -0.4 is 10.5 Å². The van der Waals surface area contributed by atoms with Crippen molar-refractivity contribution in [3.63, 3.8) is 0 Å². The van der Waals surface area contributed by atoms with E-state index in [-0.39, 0.29) is 11.5 Å². The number of rotatable bonds is 6. The van der Waals surface area contributed by atoms with Gasteiger partial charge in [-0.3, -0.25) is 0 Å². The number of hydrogen-bond acceptors (Lipinski definition) is 2. The molecule has 0 aliphatic rings. The fraction of sp³-hybridized carbons (Fsp3) is 0.455. The Labute approximate surface area is 147 Å². The first-order valence-electron chi connectivity index (χ1n) is 8.85. The number of hydrogen-bond donors (Lipinski definition) is 1. The average molecular weight is 325 g/mol. The molecule has 0 saturated heterocycles. The Hall–Kier alpha value is -1.80. The van der Waals surface area contributed by atoms with E-state index >= 15 is 0 Å². The first-order chi connectivity index (χ1) is 11.3. The highest BCUT2D eigenvalue weighted by Gasteiger charge is 2.16. The first-order valence-corrected chi connectivity index (χ1v) is 8.85. The predicted molar refractivity (Wildman–Crippen MR) is 103 cm³/mol. The standard InChI is InChI=1S/C22H31NO/c1-16(2)24-21-8-6-7-17(14-21)13-19(15-23)18-9-11-20(12-10-18)22(3,4)5/h6-12,14,16,19H,13,15,23H2,1-5H3. The van der Waals surface area contributed by atoms with E-state index in [9.17, 15) is 0 Å². The van der Waals surface area contributed by atoms with Gasteiger partial charge >= 0.3 is 0 Å². The van der Waals surface area contributed by atoms with Gasteiger partial charge in [0.25, 0.3) is 0 Å². The van der Waals surface area contributed by atoms with Crippen molar-refractivity contribution < 1.29 is 4.74 Å². The molecule has 0 fully saturated rings. The van der Waals surface area contributed by atoms with Gasteiger partial charge in [0.05, 0.1) is 6.10 Å². The summed E-state index contributed by atoms with van der Waals surface area (Å²) in [5, 5.41) is 0. The van der Waals surface area contributed by atoms with Crippen LogP contribution in [0, 0.1) is 0 Å². The SMILES string of the molecule is CC(C)Oc1cccc(CC(CN)c2ccc(C(C)(C)C)cc2)c1. The maximum atomic E-state index is 6.06. The van der Waals surface area contributed by atoms with Crippen molar-refractivity contribution in [1.82, 2.24) is 0 Å². The first kappa shape index (κ1) is 18.5. The van der Waals surface area contributed by atoms with Gasteiger partial charge in [0, 0.05) is 5.92 Å². The zero-order valence-corrected chi connectivity index (χ0v) is 15.7. The highest BCUT2D eigenvalue weighted by molar-refractivity contribution is 5.33. The van der Waals surface area contributed by atoms with E-state index in [2.05, 4.69) is 63.2 Å². The Balaban J connectivity index is 2.14. The van der Waals surface area contributed by atoms with Crippen LogP contribution in [0.5, 0.6) is 5.75 Å². The van der Waals surface area contributed by atoms with Crippen molar-refractivity contribution in [1.29, 1.82) is 0 Å². The van der Waals surface area contributed by atoms with Gasteiger partial charge in [-0.05, 0) is 61.1 Å². The highest BCUT2D eigenvalue weighted by Crippen LogP contribution is 2.27. The minimum Gasteiger partial charge on any atom is -0.491 e. The van der Waals surface area contributed by atoms with Crippen LogP contribution >= 0.6 is 0 Å². The third-order valence-electron chi connectivity index (χ3n) is 4.28. The lowest BCUT2D eigenvalue weighted by Gasteiger charge is -2.21. The molecule has 2 rings (SSSR count). The molecule has 0 radical (unpaired) electrons. The molecule has 130 valence electrons. The lowest BCUT2D eigenvalue weighted by Crippen LogP contribution is -2.16. The van der Waals surface area contributed by atoms with Gasteiger partial charge in [0.1, 0.15) is 5.75 Å². The summed E-state index contributed by atoms with van der Waals surface area (Å²) in [6.07, 6.45) is 1.12. The summed E-state index contributed by atoms with van der Waals surface area (Å²) in [5.74, 6) is 1.26. The Morgan fingerprint density at radius 2 is 1.67 bits per heavy atom. The molecule has 0 aliphatic heterocycles. The summed E-state index contributed by atoms with van der Waals surface area (Å²) < 4.78 is 5.80. The van der Waals surface area contributed by atoms with Crippen molar-refractivity contribution in [2.45, 2.75) is 58.5 Å². The van der Waals surface area contributed by atoms with Gasteiger partial charge in [0.15, 0.2) is 0 Å². The second-order valence-corrected chi connectivity index (χ2v) is 7.82. The van der Waals surface area contributed by atoms with Crippen LogP contribution in [0.25, 0.3) is 0 Å². The van der Waals surface area contributed by atoms with Crippen LogP contribution in [0.15, 0.2) is 48.5 Å². The molecule has 2 heteroatoms. The molecular formula is C22H31NO. The molecule has 0 saturated carbocycles. The van der Waals surface area contributed by atoms with E-state index in [1.54, 1.807) is 0 Å². The molecule has 0 heterocycles. The second-order valence-electron chi connectivity index (χ2n) is 7.82. The molecule has 24 heavy (non-hydrogen) atoms. The third-order valence-corrected chi connectivity index (χ3v) is 4.28. The van der Waals surface area contributed by atoms with Crippen molar-refractivity contribution in [2.24, 2.45) is 5.73 Å². The highest BCUT2D eigenvalue weighted by atomic mass is 16.5. The molecule has 0 aliphatic carbocycles. The maximum Gasteiger partial charge on any atom is 0.119 e. The van der Waals surface area contributed by atoms with Crippen molar-refractivity contribution in [2.75, 3.05) is 6.54 Å². The topological polar surface area (TPSA) is 35.2 Å². The largest absolute Gasteiger partial charge is 0.491 e. The van der Waals surface area contributed by atoms with Crippen LogP contribution in [0.2, 0.25) is 0 Å². The van der Waals surface area contributed by atoms with Crippen molar-refractivity contribution in [3.8, 4) is 5.75 Å². The van der Waals surface area contributed by atoms with Crippen LogP contribution in [-0.4, -0.2) is 12.6 Å². The molecule has 2 aromatic rings. The van der Waals surface area contributed by atoms with Gasteiger partial charge in [-0.15, -0.1) is 0 Å². The summed E-state index contributed by atoms with van der Waals surface area (Å²) in [4.78, 5) is 0. The van der Waals surface area contributed by atoms with Crippen LogP contribution in [0.3, 0.4) is 0 Å². The summed E-state index contributed by atoms with van der Waals surface area (Å²) in [6, 6.07) is 17.3. The fourth-order valence-corrected chi connectivity index (χ4v) is 2.90. The van der Waals surface area contributed by atoms with E-state index < -0.39 is 0 Å². The van der Waals surface area contributed by atoms with Gasteiger partial charge < -0.3 is 10.5 Å².